The van der Waals surface area contributed by atoms with Gasteiger partial charge in [0.05, 0.1) is 0 Å². The van der Waals surface area contributed by atoms with Gasteiger partial charge in [-0.05, 0) is 49.6 Å². The third kappa shape index (κ3) is 2.69. The number of anilines is 1. The van der Waals surface area contributed by atoms with Crippen LogP contribution in [0.4, 0.5) is 10.1 Å². The van der Waals surface area contributed by atoms with Crippen LogP contribution in [0.15, 0.2) is 18.2 Å². The van der Waals surface area contributed by atoms with Crippen molar-refractivity contribution in [1.82, 2.24) is 5.32 Å². The molecule has 1 atom stereocenters. The average molecular weight is 208 g/mol. The van der Waals surface area contributed by atoms with Crippen LogP contribution in [0.5, 0.6) is 0 Å². The lowest BCUT2D eigenvalue weighted by atomic mass is 9.97. The highest BCUT2D eigenvalue weighted by Gasteiger charge is 2.14. The number of halogens is 1. The Morgan fingerprint density at radius 3 is 3.00 bits per heavy atom. The molecule has 1 fully saturated rings. The zero-order chi connectivity index (χ0) is 10.7. The molecule has 1 unspecified atom stereocenters. The lowest BCUT2D eigenvalue weighted by Gasteiger charge is -2.23. The van der Waals surface area contributed by atoms with E-state index in [9.17, 15) is 4.39 Å². The number of rotatable bonds is 2. The summed E-state index contributed by atoms with van der Waals surface area (Å²) in [6.07, 6.45) is 4.50. The molecule has 0 saturated carbocycles. The van der Waals surface area contributed by atoms with Crippen molar-refractivity contribution in [2.45, 2.75) is 31.7 Å². The number of nitrogens with one attached hydrogen (secondary N) is 1. The number of hydrogen-bond acceptors (Lipinski definition) is 2. The summed E-state index contributed by atoms with van der Waals surface area (Å²) in [7, 11) is 0. The van der Waals surface area contributed by atoms with Gasteiger partial charge in [-0.3, -0.25) is 0 Å². The van der Waals surface area contributed by atoms with Crippen molar-refractivity contribution >= 4 is 5.69 Å². The average Bonchev–Trinajstić information content (AvgIpc) is 2.25. The molecule has 1 saturated heterocycles. The van der Waals surface area contributed by atoms with Gasteiger partial charge >= 0.3 is 0 Å². The molecule has 0 aliphatic carbocycles. The zero-order valence-electron chi connectivity index (χ0n) is 8.80. The van der Waals surface area contributed by atoms with E-state index in [1.807, 2.05) is 0 Å². The Hall–Kier alpha value is -1.09. The van der Waals surface area contributed by atoms with Gasteiger partial charge in [-0.15, -0.1) is 0 Å². The lowest BCUT2D eigenvalue weighted by molar-refractivity contribution is 0.399. The van der Waals surface area contributed by atoms with Crippen LogP contribution < -0.4 is 11.1 Å². The predicted molar refractivity (Wildman–Crippen MR) is 60.2 cm³/mol. The Labute approximate surface area is 89.7 Å². The first-order chi connectivity index (χ1) is 7.25. The molecule has 0 spiro atoms. The number of piperidine rings is 1. The fourth-order valence-electron chi connectivity index (χ4n) is 2.11. The summed E-state index contributed by atoms with van der Waals surface area (Å²) in [5.41, 5.74) is 7.44. The number of nitrogen functional groups attached to an aromatic ring is 1. The summed E-state index contributed by atoms with van der Waals surface area (Å²) in [4.78, 5) is 0. The monoisotopic (exact) mass is 208 g/mol. The fourth-order valence-corrected chi connectivity index (χ4v) is 2.11. The van der Waals surface area contributed by atoms with Gasteiger partial charge in [0, 0.05) is 11.7 Å². The smallest absolute Gasteiger partial charge is 0.123 e. The first-order valence-electron chi connectivity index (χ1n) is 5.53. The third-order valence-corrected chi connectivity index (χ3v) is 2.98. The Bertz CT molecular complexity index is 332. The van der Waals surface area contributed by atoms with Crippen molar-refractivity contribution in [3.63, 3.8) is 0 Å². The van der Waals surface area contributed by atoms with Crippen LogP contribution in [0.25, 0.3) is 0 Å². The van der Waals surface area contributed by atoms with Gasteiger partial charge in [-0.25, -0.2) is 4.39 Å². The van der Waals surface area contributed by atoms with Crippen molar-refractivity contribution < 1.29 is 4.39 Å². The van der Waals surface area contributed by atoms with E-state index in [0.717, 1.165) is 24.9 Å². The minimum Gasteiger partial charge on any atom is -0.399 e. The summed E-state index contributed by atoms with van der Waals surface area (Å²) >= 11 is 0. The van der Waals surface area contributed by atoms with Crippen LogP contribution in [-0.4, -0.2) is 12.6 Å². The SMILES string of the molecule is Nc1ccc(F)cc1CC1CCCCN1. The first-order valence-corrected chi connectivity index (χ1v) is 5.53. The molecule has 0 bridgehead atoms. The summed E-state index contributed by atoms with van der Waals surface area (Å²) in [5.74, 6) is -0.199. The molecule has 0 amide bonds. The fraction of sp³-hybridized carbons (Fsp3) is 0.500. The van der Waals surface area contributed by atoms with Crippen molar-refractivity contribution in [1.29, 1.82) is 0 Å². The topological polar surface area (TPSA) is 38.0 Å². The summed E-state index contributed by atoms with van der Waals surface area (Å²) in [6, 6.07) is 5.06. The Morgan fingerprint density at radius 1 is 1.40 bits per heavy atom. The van der Waals surface area contributed by atoms with Crippen LogP contribution in [0.2, 0.25) is 0 Å². The molecule has 15 heavy (non-hydrogen) atoms. The van der Waals surface area contributed by atoms with E-state index in [-0.39, 0.29) is 5.82 Å². The summed E-state index contributed by atoms with van der Waals surface area (Å²) in [6.45, 7) is 1.07. The van der Waals surface area contributed by atoms with E-state index >= 15 is 0 Å². The second kappa shape index (κ2) is 4.62. The normalized spacial score (nSPS) is 21.5. The van der Waals surface area contributed by atoms with Crippen molar-refractivity contribution in [3.8, 4) is 0 Å². The van der Waals surface area contributed by atoms with Crippen LogP contribution in [0.1, 0.15) is 24.8 Å². The zero-order valence-corrected chi connectivity index (χ0v) is 8.80. The van der Waals surface area contributed by atoms with Gasteiger partial charge in [0.2, 0.25) is 0 Å². The minimum atomic E-state index is -0.199. The van der Waals surface area contributed by atoms with Crippen molar-refractivity contribution in [2.24, 2.45) is 0 Å². The van der Waals surface area contributed by atoms with Gasteiger partial charge in [-0.2, -0.15) is 0 Å². The molecular formula is C12H17FN2. The molecule has 3 N–H and O–H groups in total. The molecule has 0 radical (unpaired) electrons. The Balaban J connectivity index is 2.05. The Morgan fingerprint density at radius 2 is 2.27 bits per heavy atom. The van der Waals surface area contributed by atoms with Gasteiger partial charge in [0.25, 0.3) is 0 Å². The van der Waals surface area contributed by atoms with E-state index in [0.29, 0.717) is 11.7 Å². The molecule has 0 aromatic heterocycles. The summed E-state index contributed by atoms with van der Waals surface area (Å²) < 4.78 is 13.0. The maximum atomic E-state index is 13.0. The number of benzene rings is 1. The molecular weight excluding hydrogens is 191 g/mol. The van der Waals surface area contributed by atoms with E-state index in [1.165, 1.54) is 18.9 Å². The largest absolute Gasteiger partial charge is 0.399 e. The van der Waals surface area contributed by atoms with Crippen molar-refractivity contribution in [3.05, 3.63) is 29.6 Å². The minimum absolute atomic E-state index is 0.199. The molecule has 1 aromatic carbocycles. The van der Waals surface area contributed by atoms with Gasteiger partial charge < -0.3 is 11.1 Å². The first kappa shape index (κ1) is 10.4. The molecule has 2 nitrogen and oxygen atoms in total. The van der Waals surface area contributed by atoms with Gasteiger partial charge in [-0.1, -0.05) is 6.42 Å². The second-order valence-electron chi connectivity index (χ2n) is 4.19. The molecule has 1 heterocycles. The lowest BCUT2D eigenvalue weighted by Crippen LogP contribution is -2.35. The second-order valence-corrected chi connectivity index (χ2v) is 4.19. The van der Waals surface area contributed by atoms with E-state index in [1.54, 1.807) is 12.1 Å². The molecule has 82 valence electrons. The van der Waals surface area contributed by atoms with Gasteiger partial charge in [0.1, 0.15) is 5.82 Å². The van der Waals surface area contributed by atoms with Crippen LogP contribution >= 0.6 is 0 Å². The van der Waals surface area contributed by atoms with Crippen molar-refractivity contribution in [2.75, 3.05) is 12.3 Å². The molecule has 2 rings (SSSR count). The van der Waals surface area contributed by atoms with Crippen LogP contribution in [0, 0.1) is 5.82 Å². The maximum absolute atomic E-state index is 13.0. The highest BCUT2D eigenvalue weighted by atomic mass is 19.1. The molecule has 1 aliphatic heterocycles. The Kier molecular flexibility index (Phi) is 3.21. The highest BCUT2D eigenvalue weighted by Crippen LogP contribution is 2.18. The van der Waals surface area contributed by atoms with Crippen LogP contribution in [-0.2, 0) is 6.42 Å². The van der Waals surface area contributed by atoms with E-state index in [4.69, 9.17) is 5.73 Å². The van der Waals surface area contributed by atoms with Crippen LogP contribution in [0.3, 0.4) is 0 Å². The molecule has 3 heteroatoms. The standard InChI is InChI=1S/C12H17FN2/c13-10-4-5-12(14)9(7-10)8-11-3-1-2-6-15-11/h4-5,7,11,15H,1-3,6,8,14H2. The van der Waals surface area contributed by atoms with E-state index < -0.39 is 0 Å². The highest BCUT2D eigenvalue weighted by molar-refractivity contribution is 5.47. The molecule has 1 aromatic rings. The number of nitrogens with two attached hydrogens (primary N) is 1. The third-order valence-electron chi connectivity index (χ3n) is 2.98. The van der Waals surface area contributed by atoms with Gasteiger partial charge in [0.15, 0.2) is 0 Å². The quantitative estimate of drug-likeness (QED) is 0.730. The number of hydrogen-bond donors (Lipinski definition) is 2. The molecule has 1 aliphatic rings. The maximum Gasteiger partial charge on any atom is 0.123 e. The predicted octanol–water partition coefficient (Wildman–Crippen LogP) is 2.09. The van der Waals surface area contributed by atoms with E-state index in [2.05, 4.69) is 5.32 Å². The summed E-state index contributed by atoms with van der Waals surface area (Å²) in [5, 5.41) is 3.44.